The van der Waals surface area contributed by atoms with Crippen molar-refractivity contribution in [2.75, 3.05) is 19.6 Å². The van der Waals surface area contributed by atoms with Crippen LogP contribution in [0.25, 0.3) is 0 Å². The Morgan fingerprint density at radius 1 is 1.45 bits per heavy atom. The molecule has 1 atom stereocenters. The van der Waals surface area contributed by atoms with Crippen LogP contribution in [0.3, 0.4) is 0 Å². The number of likely N-dealkylation sites (tertiary alicyclic amines) is 1. The second-order valence-corrected chi connectivity index (χ2v) is 4.50. The van der Waals surface area contributed by atoms with Gasteiger partial charge in [0.25, 0.3) is 0 Å². The van der Waals surface area contributed by atoms with E-state index in [1.165, 1.54) is 13.1 Å². The minimum Gasteiger partial charge on any atom is -0.327 e. The lowest BCUT2D eigenvalue weighted by molar-refractivity contribution is 0.0263. The van der Waals surface area contributed by atoms with Gasteiger partial charge in [0.05, 0.1) is 0 Å². The van der Waals surface area contributed by atoms with Gasteiger partial charge in [-0.15, -0.1) is 0 Å². The summed E-state index contributed by atoms with van der Waals surface area (Å²) in [7, 11) is 0. The summed E-state index contributed by atoms with van der Waals surface area (Å²) in [5.74, 6) is 0. The third kappa shape index (κ3) is 2.46. The molecule has 2 heteroatoms. The molecular weight excluding hydrogens is 136 g/mol. The van der Waals surface area contributed by atoms with Crippen LogP contribution in [0.4, 0.5) is 0 Å². The third-order valence-electron chi connectivity index (χ3n) is 2.32. The van der Waals surface area contributed by atoms with Crippen molar-refractivity contribution in [3.8, 4) is 0 Å². The van der Waals surface area contributed by atoms with Crippen molar-refractivity contribution in [3.63, 3.8) is 0 Å². The molecule has 1 saturated heterocycles. The molecule has 0 bridgehead atoms. The molecule has 0 unspecified atom stereocenters. The molecule has 0 aromatic carbocycles. The van der Waals surface area contributed by atoms with Crippen molar-refractivity contribution in [2.45, 2.75) is 33.2 Å². The van der Waals surface area contributed by atoms with Crippen molar-refractivity contribution >= 4 is 0 Å². The maximum Gasteiger partial charge on any atom is 0.0165 e. The normalized spacial score (nSPS) is 26.2. The minimum absolute atomic E-state index is 0.381. The summed E-state index contributed by atoms with van der Waals surface area (Å²) in [5, 5.41) is 0. The van der Waals surface area contributed by atoms with Gasteiger partial charge in [0.15, 0.2) is 0 Å². The van der Waals surface area contributed by atoms with Crippen LogP contribution in [0.2, 0.25) is 0 Å². The lowest BCUT2D eigenvalue weighted by Crippen LogP contribution is -2.55. The van der Waals surface area contributed by atoms with E-state index in [4.69, 9.17) is 5.73 Å². The molecule has 1 fully saturated rings. The number of hydrogen-bond acceptors (Lipinski definition) is 2. The molecule has 1 aliphatic rings. The van der Waals surface area contributed by atoms with Crippen LogP contribution in [0.15, 0.2) is 0 Å². The van der Waals surface area contributed by atoms with Crippen molar-refractivity contribution in [1.82, 2.24) is 4.90 Å². The molecule has 2 nitrogen and oxygen atoms in total. The van der Waals surface area contributed by atoms with Gasteiger partial charge in [-0.1, -0.05) is 20.8 Å². The maximum absolute atomic E-state index is 5.83. The van der Waals surface area contributed by atoms with E-state index in [-0.39, 0.29) is 0 Å². The molecule has 0 amide bonds. The first-order valence-corrected chi connectivity index (χ1v) is 4.51. The molecule has 0 aliphatic carbocycles. The number of nitrogens with zero attached hydrogens (tertiary/aromatic N) is 1. The Bertz CT molecular complexity index is 124. The van der Waals surface area contributed by atoms with Crippen LogP contribution in [-0.4, -0.2) is 30.6 Å². The highest BCUT2D eigenvalue weighted by Crippen LogP contribution is 2.28. The van der Waals surface area contributed by atoms with E-state index < -0.39 is 0 Å². The second kappa shape index (κ2) is 3.11. The Balaban J connectivity index is 2.13. The van der Waals surface area contributed by atoms with Crippen LogP contribution in [-0.2, 0) is 0 Å². The SMILES string of the molecule is CC[C@@H](N)CN1CC(C)(C)C1. The summed E-state index contributed by atoms with van der Waals surface area (Å²) in [5.41, 5.74) is 6.38. The Morgan fingerprint density at radius 3 is 2.36 bits per heavy atom. The Morgan fingerprint density at radius 2 is 2.00 bits per heavy atom. The lowest BCUT2D eigenvalue weighted by Gasteiger charge is -2.46. The zero-order chi connectivity index (χ0) is 8.48. The van der Waals surface area contributed by atoms with Gasteiger partial charge in [-0.25, -0.2) is 0 Å². The average Bonchev–Trinajstić information content (AvgIpc) is 1.83. The summed E-state index contributed by atoms with van der Waals surface area (Å²) in [6.07, 6.45) is 1.09. The summed E-state index contributed by atoms with van der Waals surface area (Å²) >= 11 is 0. The fraction of sp³-hybridized carbons (Fsp3) is 1.00. The van der Waals surface area contributed by atoms with Gasteiger partial charge in [0.1, 0.15) is 0 Å². The summed E-state index contributed by atoms with van der Waals surface area (Å²) in [4.78, 5) is 2.44. The molecule has 0 radical (unpaired) electrons. The number of nitrogens with two attached hydrogens (primary N) is 1. The van der Waals surface area contributed by atoms with Crippen LogP contribution < -0.4 is 5.73 Å². The Labute approximate surface area is 69.8 Å². The summed E-state index contributed by atoms with van der Waals surface area (Å²) in [6.45, 7) is 10.3. The largest absolute Gasteiger partial charge is 0.327 e. The van der Waals surface area contributed by atoms with Gasteiger partial charge in [-0.05, 0) is 11.8 Å². The minimum atomic E-state index is 0.381. The van der Waals surface area contributed by atoms with Crippen molar-refractivity contribution in [1.29, 1.82) is 0 Å². The van der Waals surface area contributed by atoms with Crippen LogP contribution in [0.5, 0.6) is 0 Å². The first-order chi connectivity index (χ1) is 5.03. The highest BCUT2D eigenvalue weighted by Gasteiger charge is 2.33. The van der Waals surface area contributed by atoms with Gasteiger partial charge in [-0.2, -0.15) is 0 Å². The van der Waals surface area contributed by atoms with Gasteiger partial charge in [-0.3, -0.25) is 0 Å². The van der Waals surface area contributed by atoms with E-state index in [2.05, 4.69) is 25.7 Å². The predicted molar refractivity (Wildman–Crippen MR) is 48.5 cm³/mol. The fourth-order valence-electron chi connectivity index (χ4n) is 1.75. The zero-order valence-electron chi connectivity index (χ0n) is 7.93. The van der Waals surface area contributed by atoms with Crippen LogP contribution in [0.1, 0.15) is 27.2 Å². The molecule has 1 aliphatic heterocycles. The highest BCUT2D eigenvalue weighted by molar-refractivity contribution is 4.88. The van der Waals surface area contributed by atoms with Crippen molar-refractivity contribution < 1.29 is 0 Å². The van der Waals surface area contributed by atoms with E-state index in [9.17, 15) is 0 Å². The molecule has 0 spiro atoms. The van der Waals surface area contributed by atoms with E-state index >= 15 is 0 Å². The zero-order valence-corrected chi connectivity index (χ0v) is 7.93. The molecule has 66 valence electrons. The number of hydrogen-bond donors (Lipinski definition) is 1. The van der Waals surface area contributed by atoms with Gasteiger partial charge >= 0.3 is 0 Å². The molecular formula is C9H20N2. The number of rotatable bonds is 3. The van der Waals surface area contributed by atoms with Crippen LogP contribution >= 0.6 is 0 Å². The standard InChI is InChI=1S/C9H20N2/c1-4-8(10)5-11-6-9(2,3)7-11/h8H,4-7,10H2,1-3H3/t8-/m1/s1. The monoisotopic (exact) mass is 156 g/mol. The smallest absolute Gasteiger partial charge is 0.0165 e. The van der Waals surface area contributed by atoms with Crippen molar-refractivity contribution in [2.24, 2.45) is 11.1 Å². The van der Waals surface area contributed by atoms with E-state index in [0.717, 1.165) is 13.0 Å². The van der Waals surface area contributed by atoms with Gasteiger partial charge in [0.2, 0.25) is 0 Å². The molecule has 11 heavy (non-hydrogen) atoms. The van der Waals surface area contributed by atoms with Gasteiger partial charge in [0, 0.05) is 25.7 Å². The van der Waals surface area contributed by atoms with Crippen LogP contribution in [0, 0.1) is 5.41 Å². The predicted octanol–water partition coefficient (Wildman–Crippen LogP) is 1.07. The molecule has 0 aromatic heterocycles. The fourth-order valence-corrected chi connectivity index (χ4v) is 1.75. The highest BCUT2D eigenvalue weighted by atomic mass is 15.2. The molecule has 0 saturated carbocycles. The van der Waals surface area contributed by atoms with E-state index in [1.54, 1.807) is 0 Å². The Hall–Kier alpha value is -0.0800. The molecule has 1 heterocycles. The topological polar surface area (TPSA) is 29.3 Å². The third-order valence-corrected chi connectivity index (χ3v) is 2.32. The lowest BCUT2D eigenvalue weighted by atomic mass is 9.84. The van der Waals surface area contributed by atoms with E-state index in [1.807, 2.05) is 0 Å². The van der Waals surface area contributed by atoms with Gasteiger partial charge < -0.3 is 10.6 Å². The first-order valence-electron chi connectivity index (χ1n) is 4.51. The Kier molecular flexibility index (Phi) is 2.55. The quantitative estimate of drug-likeness (QED) is 0.662. The van der Waals surface area contributed by atoms with Crippen molar-refractivity contribution in [3.05, 3.63) is 0 Å². The molecule has 2 N–H and O–H groups in total. The average molecular weight is 156 g/mol. The summed E-state index contributed by atoms with van der Waals surface area (Å²) < 4.78 is 0. The summed E-state index contributed by atoms with van der Waals surface area (Å²) in [6, 6.07) is 0.381. The van der Waals surface area contributed by atoms with E-state index in [0.29, 0.717) is 11.5 Å². The first kappa shape index (κ1) is 9.01. The maximum atomic E-state index is 5.83. The molecule has 0 aromatic rings. The second-order valence-electron chi connectivity index (χ2n) is 4.50. The molecule has 1 rings (SSSR count).